The van der Waals surface area contributed by atoms with Crippen molar-refractivity contribution in [3.63, 3.8) is 0 Å². The molecule has 2 N–H and O–H groups in total. The number of hydrogen-bond acceptors (Lipinski definition) is 4. The van der Waals surface area contributed by atoms with Crippen LogP contribution in [0.1, 0.15) is 22.8 Å². The van der Waals surface area contributed by atoms with E-state index in [2.05, 4.69) is 15.3 Å². The number of ketones is 1. The molecule has 1 amide bonds. The van der Waals surface area contributed by atoms with Crippen molar-refractivity contribution in [3.05, 3.63) is 114 Å². The number of fused-ring (bicyclic) bond motifs is 1. The van der Waals surface area contributed by atoms with Crippen LogP contribution in [-0.2, 0) is 4.79 Å². The van der Waals surface area contributed by atoms with Crippen LogP contribution >= 0.6 is 0 Å². The molecular weight excluding hydrogens is 438 g/mol. The normalized spacial score (nSPS) is 11.7. The standard InChI is InChI=1S/C29H23N3O3/c1-19(35-24-10-6-3-7-11-24)29(34)30-23-15-12-21(13-16-23)28-31-25-17-14-22(18-26(25)32-28)27(33)20-8-4-2-5-9-20/h2-19H,1H3,(H,30,34)(H,31,32). The summed E-state index contributed by atoms with van der Waals surface area (Å²) in [6.45, 7) is 1.71. The minimum atomic E-state index is -0.639. The van der Waals surface area contributed by atoms with Crippen LogP contribution in [-0.4, -0.2) is 27.8 Å². The molecule has 5 rings (SSSR count). The van der Waals surface area contributed by atoms with Crippen LogP contribution in [0.5, 0.6) is 5.75 Å². The molecular formula is C29H23N3O3. The van der Waals surface area contributed by atoms with Gasteiger partial charge in [0, 0.05) is 22.4 Å². The third-order valence-electron chi connectivity index (χ3n) is 5.63. The lowest BCUT2D eigenvalue weighted by atomic mass is 10.0. The van der Waals surface area contributed by atoms with E-state index in [1.54, 1.807) is 25.1 Å². The second-order valence-corrected chi connectivity index (χ2v) is 8.15. The largest absolute Gasteiger partial charge is 0.481 e. The van der Waals surface area contributed by atoms with Gasteiger partial charge in [0.05, 0.1) is 11.0 Å². The molecule has 35 heavy (non-hydrogen) atoms. The molecule has 0 bridgehead atoms. The second-order valence-electron chi connectivity index (χ2n) is 8.15. The molecule has 0 saturated heterocycles. The Morgan fingerprint density at radius 2 is 1.51 bits per heavy atom. The zero-order valence-electron chi connectivity index (χ0n) is 19.1. The van der Waals surface area contributed by atoms with Gasteiger partial charge in [0.15, 0.2) is 11.9 Å². The van der Waals surface area contributed by atoms with Gasteiger partial charge in [-0.3, -0.25) is 9.59 Å². The van der Waals surface area contributed by atoms with Gasteiger partial charge in [-0.25, -0.2) is 4.98 Å². The fourth-order valence-electron chi connectivity index (χ4n) is 3.76. The second kappa shape index (κ2) is 9.65. The number of aromatic amines is 1. The molecule has 5 aromatic rings. The maximum atomic E-state index is 12.8. The maximum absolute atomic E-state index is 12.8. The number of aromatic nitrogens is 2. The third-order valence-corrected chi connectivity index (χ3v) is 5.63. The number of H-pyrrole nitrogens is 1. The Kier molecular flexibility index (Phi) is 6.09. The Balaban J connectivity index is 1.29. The predicted molar refractivity (Wildman–Crippen MR) is 137 cm³/mol. The van der Waals surface area contributed by atoms with Gasteiger partial charge in [0.25, 0.3) is 5.91 Å². The molecule has 6 heteroatoms. The SMILES string of the molecule is CC(Oc1ccccc1)C(=O)Nc1ccc(-c2nc3ccc(C(=O)c4ccccc4)cc3[nH]2)cc1. The summed E-state index contributed by atoms with van der Waals surface area (Å²) < 4.78 is 5.68. The lowest BCUT2D eigenvalue weighted by Crippen LogP contribution is -2.30. The lowest BCUT2D eigenvalue weighted by molar-refractivity contribution is -0.122. The number of imidazole rings is 1. The van der Waals surface area contributed by atoms with Gasteiger partial charge < -0.3 is 15.0 Å². The van der Waals surface area contributed by atoms with E-state index in [0.717, 1.165) is 16.6 Å². The summed E-state index contributed by atoms with van der Waals surface area (Å²) >= 11 is 0. The quantitative estimate of drug-likeness (QED) is 0.297. The minimum absolute atomic E-state index is 0.0331. The first-order valence-corrected chi connectivity index (χ1v) is 11.3. The highest BCUT2D eigenvalue weighted by Gasteiger charge is 2.15. The van der Waals surface area contributed by atoms with Gasteiger partial charge in [0.2, 0.25) is 0 Å². The molecule has 0 radical (unpaired) electrons. The number of rotatable bonds is 7. The van der Waals surface area contributed by atoms with Crippen LogP contribution in [0.25, 0.3) is 22.4 Å². The molecule has 172 valence electrons. The van der Waals surface area contributed by atoms with Crippen LogP contribution in [0.15, 0.2) is 103 Å². The summed E-state index contributed by atoms with van der Waals surface area (Å²) in [5.74, 6) is 1.06. The summed E-state index contributed by atoms with van der Waals surface area (Å²) in [5.41, 5.74) is 4.33. The van der Waals surface area contributed by atoms with Crippen molar-refractivity contribution >= 4 is 28.4 Å². The van der Waals surface area contributed by atoms with Gasteiger partial charge in [-0.15, -0.1) is 0 Å². The number of carbonyl (C=O) groups excluding carboxylic acids is 2. The first-order valence-electron chi connectivity index (χ1n) is 11.3. The minimum Gasteiger partial charge on any atom is -0.481 e. The fraction of sp³-hybridized carbons (Fsp3) is 0.0690. The molecule has 1 atom stereocenters. The first-order chi connectivity index (χ1) is 17.1. The lowest BCUT2D eigenvalue weighted by Gasteiger charge is -2.14. The number of benzene rings is 4. The van der Waals surface area contributed by atoms with E-state index in [9.17, 15) is 9.59 Å². The summed E-state index contributed by atoms with van der Waals surface area (Å²) in [6, 6.07) is 31.3. The molecule has 0 aliphatic carbocycles. The van der Waals surface area contributed by atoms with Crippen LogP contribution in [0.2, 0.25) is 0 Å². The summed E-state index contributed by atoms with van der Waals surface area (Å²) in [6.07, 6.45) is -0.639. The van der Waals surface area contributed by atoms with Gasteiger partial charge in [0.1, 0.15) is 11.6 Å². The van der Waals surface area contributed by atoms with E-state index >= 15 is 0 Å². The molecule has 0 saturated carbocycles. The van der Waals surface area contributed by atoms with E-state index in [-0.39, 0.29) is 11.7 Å². The summed E-state index contributed by atoms with van der Waals surface area (Å²) in [7, 11) is 0. The van der Waals surface area contributed by atoms with Gasteiger partial charge in [-0.2, -0.15) is 0 Å². The molecule has 0 aliphatic heterocycles. The number of amides is 1. The van der Waals surface area contributed by atoms with Gasteiger partial charge in [-0.05, 0) is 61.5 Å². The maximum Gasteiger partial charge on any atom is 0.265 e. The Labute approximate surface area is 202 Å². The van der Waals surface area contributed by atoms with Crippen LogP contribution in [0.3, 0.4) is 0 Å². The molecule has 0 fully saturated rings. The molecule has 1 heterocycles. The van der Waals surface area contributed by atoms with Gasteiger partial charge in [-0.1, -0.05) is 48.5 Å². The highest BCUT2D eigenvalue weighted by atomic mass is 16.5. The predicted octanol–water partition coefficient (Wildman–Crippen LogP) is 5.87. The Morgan fingerprint density at radius 1 is 0.829 bits per heavy atom. The fourth-order valence-corrected chi connectivity index (χ4v) is 3.76. The number of hydrogen-bond donors (Lipinski definition) is 2. The Hall–Kier alpha value is -4.71. The smallest absolute Gasteiger partial charge is 0.265 e. The van der Waals surface area contributed by atoms with Crippen molar-refractivity contribution in [1.29, 1.82) is 0 Å². The van der Waals surface area contributed by atoms with Crippen LogP contribution < -0.4 is 10.1 Å². The van der Waals surface area contributed by atoms with Crippen LogP contribution in [0, 0.1) is 0 Å². The molecule has 4 aromatic carbocycles. The molecule has 0 aliphatic rings. The van der Waals surface area contributed by atoms with Crippen molar-refractivity contribution in [1.82, 2.24) is 9.97 Å². The van der Waals surface area contributed by atoms with E-state index in [1.165, 1.54) is 0 Å². The van der Waals surface area contributed by atoms with Crippen molar-refractivity contribution in [2.24, 2.45) is 0 Å². The van der Waals surface area contributed by atoms with Crippen LogP contribution in [0.4, 0.5) is 5.69 Å². The molecule has 1 unspecified atom stereocenters. The number of anilines is 1. The van der Waals surface area contributed by atoms with E-state index in [0.29, 0.717) is 28.4 Å². The van der Waals surface area contributed by atoms with E-state index < -0.39 is 6.10 Å². The van der Waals surface area contributed by atoms with Gasteiger partial charge >= 0.3 is 0 Å². The molecule has 6 nitrogen and oxygen atoms in total. The molecule has 1 aromatic heterocycles. The highest BCUT2D eigenvalue weighted by Crippen LogP contribution is 2.24. The average molecular weight is 462 g/mol. The third kappa shape index (κ3) is 4.96. The topological polar surface area (TPSA) is 84.1 Å². The molecule has 0 spiro atoms. The van der Waals surface area contributed by atoms with Crippen molar-refractivity contribution in [2.75, 3.05) is 5.32 Å². The number of nitrogens with one attached hydrogen (secondary N) is 2. The summed E-state index contributed by atoms with van der Waals surface area (Å²) in [4.78, 5) is 33.2. The number of carbonyl (C=O) groups is 2. The number of para-hydroxylation sites is 1. The average Bonchev–Trinajstić information content (AvgIpc) is 3.33. The number of ether oxygens (including phenoxy) is 1. The zero-order chi connectivity index (χ0) is 24.2. The van der Waals surface area contributed by atoms with Crippen molar-refractivity contribution < 1.29 is 14.3 Å². The van der Waals surface area contributed by atoms with E-state index in [1.807, 2.05) is 84.9 Å². The first kappa shape index (κ1) is 22.1. The number of nitrogens with zero attached hydrogens (tertiary/aromatic N) is 1. The Morgan fingerprint density at radius 3 is 2.23 bits per heavy atom. The monoisotopic (exact) mass is 461 g/mol. The zero-order valence-corrected chi connectivity index (χ0v) is 19.1. The summed E-state index contributed by atoms with van der Waals surface area (Å²) in [5, 5.41) is 2.87. The van der Waals surface area contributed by atoms with Crippen molar-refractivity contribution in [3.8, 4) is 17.1 Å². The highest BCUT2D eigenvalue weighted by molar-refractivity contribution is 6.10. The van der Waals surface area contributed by atoms with Crippen molar-refractivity contribution in [2.45, 2.75) is 13.0 Å². The van der Waals surface area contributed by atoms with E-state index in [4.69, 9.17) is 4.74 Å². The Bertz CT molecular complexity index is 1480.